The van der Waals surface area contributed by atoms with Gasteiger partial charge >= 0.3 is 7.82 Å². The van der Waals surface area contributed by atoms with Crippen molar-refractivity contribution in [2.45, 2.75) is 6.61 Å². The Morgan fingerprint density at radius 3 is 1.42 bits per heavy atom. The lowest BCUT2D eigenvalue weighted by molar-refractivity contribution is 0.189. The zero-order valence-corrected chi connectivity index (χ0v) is 13.9. The molecule has 0 unspecified atom stereocenters. The third-order valence-corrected chi connectivity index (χ3v) is 3.59. The van der Waals surface area contributed by atoms with E-state index in [4.69, 9.17) is 9.79 Å². The second-order valence-corrected chi connectivity index (χ2v) is 6.22. The summed E-state index contributed by atoms with van der Waals surface area (Å²) in [7, 11) is -4.33. The molecule has 2 N–H and O–H groups in total. The third kappa shape index (κ3) is 6.90. The largest absolute Gasteiger partial charge is 0.469 e. The van der Waals surface area contributed by atoms with Crippen LogP contribution in [0.15, 0.2) is 91.0 Å². The second kappa shape index (κ2) is 9.16. The van der Waals surface area contributed by atoms with Crippen molar-refractivity contribution < 1.29 is 18.9 Å². The molecule has 0 radical (unpaired) electrons. The van der Waals surface area contributed by atoms with Crippen LogP contribution in [0.2, 0.25) is 0 Å². The Kier molecular flexibility index (Phi) is 6.91. The highest BCUT2D eigenvalue weighted by molar-refractivity contribution is 7.46. The summed E-state index contributed by atoms with van der Waals surface area (Å²) in [6.07, 6.45) is 0. The van der Waals surface area contributed by atoms with Crippen LogP contribution >= 0.6 is 7.82 Å². The predicted molar refractivity (Wildman–Crippen MR) is 95.2 cm³/mol. The molecule has 0 saturated heterocycles. The molecule has 0 fully saturated rings. The Morgan fingerprint density at radius 1 is 0.667 bits per heavy atom. The molecule has 0 heterocycles. The van der Waals surface area contributed by atoms with Gasteiger partial charge in [-0.2, -0.15) is 0 Å². The lowest BCUT2D eigenvalue weighted by Gasteiger charge is -2.03. The third-order valence-electron chi connectivity index (χ3n) is 3.12. The van der Waals surface area contributed by atoms with E-state index in [1.807, 2.05) is 18.2 Å². The van der Waals surface area contributed by atoms with Crippen molar-refractivity contribution >= 4 is 7.82 Å². The van der Waals surface area contributed by atoms with Gasteiger partial charge in [0.15, 0.2) is 0 Å². The lowest BCUT2D eigenvalue weighted by atomic mass is 10.1. The predicted octanol–water partition coefficient (Wildman–Crippen LogP) is 4.65. The SMILES string of the molecule is O=P(O)(O)OCc1ccccc1.c1ccc(-c2ccccc2)cc1. The summed E-state index contributed by atoms with van der Waals surface area (Å²) in [4.78, 5) is 16.7. The average molecular weight is 342 g/mol. The number of rotatable bonds is 4. The van der Waals surface area contributed by atoms with Crippen molar-refractivity contribution in [2.75, 3.05) is 0 Å². The van der Waals surface area contributed by atoms with Crippen molar-refractivity contribution in [3.8, 4) is 11.1 Å². The minimum atomic E-state index is -4.33. The zero-order valence-electron chi connectivity index (χ0n) is 13.0. The van der Waals surface area contributed by atoms with Crippen LogP contribution in [0.3, 0.4) is 0 Å². The molecule has 0 aliphatic heterocycles. The van der Waals surface area contributed by atoms with Crippen LogP contribution in [-0.2, 0) is 15.7 Å². The summed E-state index contributed by atoms with van der Waals surface area (Å²) >= 11 is 0. The fourth-order valence-corrected chi connectivity index (χ4v) is 2.31. The van der Waals surface area contributed by atoms with Crippen LogP contribution in [-0.4, -0.2) is 9.79 Å². The highest BCUT2D eigenvalue weighted by Gasteiger charge is 2.12. The molecule has 0 spiro atoms. The van der Waals surface area contributed by atoms with E-state index >= 15 is 0 Å². The van der Waals surface area contributed by atoms with Crippen LogP contribution in [0.5, 0.6) is 0 Å². The quantitative estimate of drug-likeness (QED) is 0.677. The Bertz CT molecular complexity index is 718. The van der Waals surface area contributed by atoms with Gasteiger partial charge in [-0.15, -0.1) is 0 Å². The normalized spacial score (nSPS) is 10.6. The van der Waals surface area contributed by atoms with E-state index in [1.54, 1.807) is 24.3 Å². The van der Waals surface area contributed by atoms with E-state index in [2.05, 4.69) is 53.1 Å². The molecule has 24 heavy (non-hydrogen) atoms. The molecule has 0 aliphatic carbocycles. The number of phosphoric ester groups is 1. The van der Waals surface area contributed by atoms with Gasteiger partial charge in [-0.05, 0) is 16.7 Å². The molecule has 3 aromatic rings. The minimum Gasteiger partial charge on any atom is -0.303 e. The Balaban J connectivity index is 0.000000174. The molecule has 3 aromatic carbocycles. The summed E-state index contributed by atoms with van der Waals surface area (Å²) in [5.41, 5.74) is 3.29. The molecular weight excluding hydrogens is 323 g/mol. The molecule has 4 nitrogen and oxygen atoms in total. The molecule has 3 rings (SSSR count). The molecule has 0 saturated carbocycles. The molecule has 5 heteroatoms. The van der Waals surface area contributed by atoms with Gasteiger partial charge in [0.2, 0.25) is 0 Å². The summed E-state index contributed by atoms with van der Waals surface area (Å²) in [6, 6.07) is 29.6. The van der Waals surface area contributed by atoms with Gasteiger partial charge in [-0.25, -0.2) is 4.57 Å². The molecule has 0 aromatic heterocycles. The lowest BCUT2D eigenvalue weighted by Crippen LogP contribution is -1.89. The smallest absolute Gasteiger partial charge is 0.303 e. The van der Waals surface area contributed by atoms with Crippen molar-refractivity contribution in [1.29, 1.82) is 0 Å². The highest BCUT2D eigenvalue weighted by Crippen LogP contribution is 2.36. The highest BCUT2D eigenvalue weighted by atomic mass is 31.2. The minimum absolute atomic E-state index is 0.0644. The number of benzene rings is 3. The molecule has 0 aliphatic rings. The summed E-state index contributed by atoms with van der Waals surface area (Å²) in [5, 5.41) is 0. The standard InChI is InChI=1S/C12H10.C7H9O4P/c1-3-7-11(8-4-1)12-9-5-2-6-10-12;8-12(9,10)11-6-7-4-2-1-3-5-7/h1-10H;1-5H,6H2,(H2,8,9,10). The molecular formula is C19H19O4P. The van der Waals surface area contributed by atoms with Crippen LogP contribution in [0, 0.1) is 0 Å². The van der Waals surface area contributed by atoms with E-state index in [9.17, 15) is 4.57 Å². The van der Waals surface area contributed by atoms with Gasteiger partial charge < -0.3 is 9.79 Å². The maximum atomic E-state index is 10.3. The Morgan fingerprint density at radius 2 is 1.04 bits per heavy atom. The van der Waals surface area contributed by atoms with E-state index < -0.39 is 7.82 Å². The maximum Gasteiger partial charge on any atom is 0.469 e. The van der Waals surface area contributed by atoms with Crippen LogP contribution in [0.25, 0.3) is 11.1 Å². The number of hydrogen-bond acceptors (Lipinski definition) is 2. The van der Waals surface area contributed by atoms with Gasteiger partial charge in [0.05, 0.1) is 6.61 Å². The summed E-state index contributed by atoms with van der Waals surface area (Å²) in [5.74, 6) is 0. The first kappa shape index (κ1) is 18.1. The first-order valence-corrected chi connectivity index (χ1v) is 8.92. The molecule has 0 amide bonds. The van der Waals surface area contributed by atoms with Crippen LogP contribution in [0.1, 0.15) is 5.56 Å². The van der Waals surface area contributed by atoms with Gasteiger partial charge in [0, 0.05) is 0 Å². The Labute approximate surface area is 141 Å². The Hall–Kier alpha value is -2.23. The number of hydrogen-bond donors (Lipinski definition) is 2. The molecule has 124 valence electrons. The van der Waals surface area contributed by atoms with Crippen LogP contribution in [0.4, 0.5) is 0 Å². The summed E-state index contributed by atoms with van der Waals surface area (Å²) < 4.78 is 14.6. The van der Waals surface area contributed by atoms with Crippen molar-refractivity contribution in [3.05, 3.63) is 96.6 Å². The fourth-order valence-electron chi connectivity index (χ4n) is 1.99. The fraction of sp³-hybridized carbons (Fsp3) is 0.0526. The van der Waals surface area contributed by atoms with E-state index in [-0.39, 0.29) is 6.61 Å². The van der Waals surface area contributed by atoms with Gasteiger partial charge in [-0.1, -0.05) is 91.0 Å². The van der Waals surface area contributed by atoms with Gasteiger partial charge in [0.25, 0.3) is 0 Å². The van der Waals surface area contributed by atoms with Crippen molar-refractivity contribution in [3.63, 3.8) is 0 Å². The molecule has 0 atom stereocenters. The van der Waals surface area contributed by atoms with Gasteiger partial charge in [-0.3, -0.25) is 4.52 Å². The first-order valence-electron chi connectivity index (χ1n) is 7.39. The number of phosphoric acid groups is 1. The summed E-state index contributed by atoms with van der Waals surface area (Å²) in [6.45, 7) is -0.0644. The second-order valence-electron chi connectivity index (χ2n) is 4.98. The van der Waals surface area contributed by atoms with Crippen molar-refractivity contribution in [2.24, 2.45) is 0 Å². The topological polar surface area (TPSA) is 66.8 Å². The average Bonchev–Trinajstić information content (AvgIpc) is 2.62. The van der Waals surface area contributed by atoms with E-state index in [1.165, 1.54) is 11.1 Å². The molecule has 0 bridgehead atoms. The zero-order chi connectivity index (χ0) is 17.3. The monoisotopic (exact) mass is 342 g/mol. The van der Waals surface area contributed by atoms with Crippen LogP contribution < -0.4 is 0 Å². The van der Waals surface area contributed by atoms with Crippen molar-refractivity contribution in [1.82, 2.24) is 0 Å². The maximum absolute atomic E-state index is 10.3. The van der Waals surface area contributed by atoms with E-state index in [0.29, 0.717) is 0 Å². The van der Waals surface area contributed by atoms with E-state index in [0.717, 1.165) is 5.56 Å². The van der Waals surface area contributed by atoms with Gasteiger partial charge in [0.1, 0.15) is 0 Å². The first-order chi connectivity index (χ1) is 11.5.